The van der Waals surface area contributed by atoms with Gasteiger partial charge in [0, 0.05) is 5.69 Å². The summed E-state index contributed by atoms with van der Waals surface area (Å²) in [5.74, 6) is -0.0321. The van der Waals surface area contributed by atoms with E-state index < -0.39 is 0 Å². The Morgan fingerprint density at radius 1 is 1.19 bits per heavy atom. The molecule has 3 heteroatoms. The summed E-state index contributed by atoms with van der Waals surface area (Å²) >= 11 is 3.23. The summed E-state index contributed by atoms with van der Waals surface area (Å²) in [5, 5.41) is 5.15. The Morgan fingerprint density at radius 3 is 2.56 bits per heavy atom. The monoisotopic (exact) mass is 277 g/mol. The minimum Gasteiger partial charge on any atom is -0.325 e. The Hall–Kier alpha value is -1.35. The van der Waals surface area contributed by atoms with Gasteiger partial charge in [0.2, 0.25) is 5.91 Å². The number of halogens is 1. The van der Waals surface area contributed by atoms with Gasteiger partial charge < -0.3 is 5.32 Å². The molecule has 0 spiro atoms. The van der Waals surface area contributed by atoms with Crippen LogP contribution in [0.5, 0.6) is 0 Å². The van der Waals surface area contributed by atoms with Crippen molar-refractivity contribution in [2.24, 2.45) is 0 Å². The van der Waals surface area contributed by atoms with Gasteiger partial charge in [-0.15, -0.1) is 0 Å². The van der Waals surface area contributed by atoms with Gasteiger partial charge in [-0.25, -0.2) is 0 Å². The van der Waals surface area contributed by atoms with Crippen LogP contribution in [0.15, 0.2) is 42.5 Å². The van der Waals surface area contributed by atoms with Gasteiger partial charge in [-0.2, -0.15) is 0 Å². The second kappa shape index (κ2) is 4.66. The lowest BCUT2D eigenvalue weighted by atomic mass is 10.1. The van der Waals surface area contributed by atoms with Crippen LogP contribution in [0.25, 0.3) is 10.8 Å². The lowest BCUT2D eigenvalue weighted by Gasteiger charge is -2.07. The minimum atomic E-state index is -0.182. The highest BCUT2D eigenvalue weighted by molar-refractivity contribution is 9.10. The van der Waals surface area contributed by atoms with E-state index in [9.17, 15) is 4.79 Å². The van der Waals surface area contributed by atoms with Crippen LogP contribution in [-0.2, 0) is 4.79 Å². The van der Waals surface area contributed by atoms with Crippen molar-refractivity contribution in [1.82, 2.24) is 0 Å². The molecular weight excluding hydrogens is 266 g/mol. The molecule has 1 atom stereocenters. The summed E-state index contributed by atoms with van der Waals surface area (Å²) in [6.07, 6.45) is 0. The summed E-state index contributed by atoms with van der Waals surface area (Å²) in [4.78, 5) is 11.3. The maximum absolute atomic E-state index is 11.5. The molecule has 16 heavy (non-hydrogen) atoms. The minimum absolute atomic E-state index is 0.0321. The van der Waals surface area contributed by atoms with Gasteiger partial charge in [-0.3, -0.25) is 4.79 Å². The van der Waals surface area contributed by atoms with Crippen LogP contribution < -0.4 is 5.32 Å². The summed E-state index contributed by atoms with van der Waals surface area (Å²) in [7, 11) is 0. The van der Waals surface area contributed by atoms with E-state index in [0.717, 1.165) is 11.1 Å². The molecule has 1 N–H and O–H groups in total. The number of hydrogen-bond donors (Lipinski definition) is 1. The third-order valence-corrected chi connectivity index (χ3v) is 2.79. The van der Waals surface area contributed by atoms with Crippen molar-refractivity contribution in [2.45, 2.75) is 11.8 Å². The van der Waals surface area contributed by atoms with E-state index in [4.69, 9.17) is 0 Å². The fraction of sp³-hybridized carbons (Fsp3) is 0.154. The van der Waals surface area contributed by atoms with Gasteiger partial charge >= 0.3 is 0 Å². The first kappa shape index (κ1) is 11.1. The van der Waals surface area contributed by atoms with E-state index >= 15 is 0 Å². The molecule has 1 amide bonds. The highest BCUT2D eigenvalue weighted by atomic mass is 79.9. The SMILES string of the molecule is CC(Br)C(=O)Nc1ccc2ccccc2c1. The molecule has 0 bridgehead atoms. The summed E-state index contributed by atoms with van der Waals surface area (Å²) in [6.45, 7) is 1.80. The number of anilines is 1. The zero-order valence-corrected chi connectivity index (χ0v) is 10.5. The van der Waals surface area contributed by atoms with Gasteiger partial charge in [-0.1, -0.05) is 46.3 Å². The molecule has 82 valence electrons. The fourth-order valence-corrected chi connectivity index (χ4v) is 1.62. The van der Waals surface area contributed by atoms with E-state index in [1.165, 1.54) is 5.39 Å². The number of rotatable bonds is 2. The quantitative estimate of drug-likeness (QED) is 0.836. The Balaban J connectivity index is 2.29. The number of carbonyl (C=O) groups excluding carboxylic acids is 1. The standard InChI is InChI=1S/C13H12BrNO/c1-9(14)13(16)15-12-7-6-10-4-2-3-5-11(10)8-12/h2-9H,1H3,(H,15,16). The molecule has 0 heterocycles. The smallest absolute Gasteiger partial charge is 0.237 e. The fourth-order valence-electron chi connectivity index (χ4n) is 1.51. The molecule has 0 fully saturated rings. The maximum Gasteiger partial charge on any atom is 0.237 e. The van der Waals surface area contributed by atoms with Gasteiger partial charge in [0.25, 0.3) is 0 Å². The van der Waals surface area contributed by atoms with Gasteiger partial charge in [-0.05, 0) is 29.8 Å². The van der Waals surface area contributed by atoms with Crippen molar-refractivity contribution in [3.8, 4) is 0 Å². The molecule has 0 saturated carbocycles. The number of amides is 1. The molecule has 0 aliphatic heterocycles. The zero-order valence-electron chi connectivity index (χ0n) is 8.91. The highest BCUT2D eigenvalue weighted by Gasteiger charge is 2.08. The third kappa shape index (κ3) is 2.42. The first-order valence-electron chi connectivity index (χ1n) is 5.10. The van der Waals surface area contributed by atoms with Crippen LogP contribution >= 0.6 is 15.9 Å². The first-order valence-corrected chi connectivity index (χ1v) is 6.02. The van der Waals surface area contributed by atoms with Crippen molar-refractivity contribution >= 4 is 38.3 Å². The molecule has 2 aromatic rings. The van der Waals surface area contributed by atoms with Crippen molar-refractivity contribution in [2.75, 3.05) is 5.32 Å². The topological polar surface area (TPSA) is 29.1 Å². The predicted molar refractivity (Wildman–Crippen MR) is 71.0 cm³/mol. The molecule has 2 rings (SSSR count). The molecular formula is C13H12BrNO. The van der Waals surface area contributed by atoms with Gasteiger partial charge in [0.05, 0.1) is 4.83 Å². The maximum atomic E-state index is 11.5. The van der Waals surface area contributed by atoms with E-state index in [0.29, 0.717) is 0 Å². The Morgan fingerprint density at radius 2 is 1.88 bits per heavy atom. The second-order valence-electron chi connectivity index (χ2n) is 3.67. The lowest BCUT2D eigenvalue weighted by molar-refractivity contribution is -0.115. The van der Waals surface area contributed by atoms with Crippen LogP contribution in [0.2, 0.25) is 0 Å². The second-order valence-corrected chi connectivity index (χ2v) is 5.04. The Labute approximate surface area is 103 Å². The van der Waals surface area contributed by atoms with Crippen LogP contribution in [0, 0.1) is 0 Å². The average molecular weight is 278 g/mol. The Kier molecular flexibility index (Phi) is 3.25. The average Bonchev–Trinajstić information content (AvgIpc) is 2.28. The molecule has 0 aromatic heterocycles. The number of fused-ring (bicyclic) bond motifs is 1. The molecule has 0 aliphatic rings. The molecule has 0 radical (unpaired) electrons. The predicted octanol–water partition coefficient (Wildman–Crippen LogP) is 3.56. The molecule has 0 aliphatic carbocycles. The van der Waals surface area contributed by atoms with Crippen LogP contribution in [0.4, 0.5) is 5.69 Å². The largest absolute Gasteiger partial charge is 0.325 e. The summed E-state index contributed by atoms with van der Waals surface area (Å²) in [6, 6.07) is 14.0. The molecule has 2 aromatic carbocycles. The molecule has 2 nitrogen and oxygen atoms in total. The number of hydrogen-bond acceptors (Lipinski definition) is 1. The van der Waals surface area contributed by atoms with Crippen LogP contribution in [-0.4, -0.2) is 10.7 Å². The highest BCUT2D eigenvalue weighted by Crippen LogP contribution is 2.19. The molecule has 0 saturated heterocycles. The number of benzene rings is 2. The van der Waals surface area contributed by atoms with Crippen molar-refractivity contribution < 1.29 is 4.79 Å². The van der Waals surface area contributed by atoms with Crippen molar-refractivity contribution in [3.63, 3.8) is 0 Å². The number of alkyl halides is 1. The number of carbonyl (C=O) groups is 1. The summed E-state index contributed by atoms with van der Waals surface area (Å²) in [5.41, 5.74) is 0.829. The third-order valence-electron chi connectivity index (χ3n) is 2.38. The zero-order chi connectivity index (χ0) is 11.5. The first-order chi connectivity index (χ1) is 7.66. The van der Waals surface area contributed by atoms with Gasteiger partial charge in [0.15, 0.2) is 0 Å². The van der Waals surface area contributed by atoms with Crippen molar-refractivity contribution in [3.05, 3.63) is 42.5 Å². The van der Waals surface area contributed by atoms with Gasteiger partial charge in [0.1, 0.15) is 0 Å². The Bertz CT molecular complexity index is 522. The van der Waals surface area contributed by atoms with Crippen LogP contribution in [0.1, 0.15) is 6.92 Å². The van der Waals surface area contributed by atoms with E-state index in [2.05, 4.69) is 21.2 Å². The van der Waals surface area contributed by atoms with E-state index in [1.807, 2.05) is 42.5 Å². The summed E-state index contributed by atoms with van der Waals surface area (Å²) < 4.78 is 0. The van der Waals surface area contributed by atoms with E-state index in [-0.39, 0.29) is 10.7 Å². The van der Waals surface area contributed by atoms with Crippen LogP contribution in [0.3, 0.4) is 0 Å². The number of nitrogens with one attached hydrogen (secondary N) is 1. The lowest BCUT2D eigenvalue weighted by Crippen LogP contribution is -2.19. The van der Waals surface area contributed by atoms with E-state index in [1.54, 1.807) is 6.92 Å². The normalized spacial score (nSPS) is 12.4. The van der Waals surface area contributed by atoms with Crippen molar-refractivity contribution in [1.29, 1.82) is 0 Å². The molecule has 1 unspecified atom stereocenters.